The standard InChI is InChI=1S/C21H23FN4O3S/c22-18-8-6-16(7-9-18)14-26-21(27)25-13-12-19(10-11-20(25)23-26)24-30(28,29)15-17-4-2-1-3-5-17/h1-9,19,24H,10-15H2. The molecule has 4 rings (SSSR count). The van der Waals surface area contributed by atoms with Crippen LogP contribution in [0.3, 0.4) is 0 Å². The zero-order valence-corrected chi connectivity index (χ0v) is 17.2. The van der Waals surface area contributed by atoms with Crippen LogP contribution in [0.4, 0.5) is 4.39 Å². The molecule has 1 unspecified atom stereocenters. The summed E-state index contributed by atoms with van der Waals surface area (Å²) in [4.78, 5) is 12.7. The largest absolute Gasteiger partial charge is 0.346 e. The van der Waals surface area contributed by atoms with Gasteiger partial charge in [-0.3, -0.25) is 4.57 Å². The summed E-state index contributed by atoms with van der Waals surface area (Å²) in [6.07, 6.45) is 1.59. The Bertz CT molecular complexity index is 1170. The van der Waals surface area contributed by atoms with Crippen molar-refractivity contribution in [1.82, 2.24) is 19.1 Å². The van der Waals surface area contributed by atoms with Crippen LogP contribution in [-0.2, 0) is 35.3 Å². The third-order valence-corrected chi connectivity index (χ3v) is 6.61. The number of benzene rings is 2. The molecule has 0 bridgehead atoms. The van der Waals surface area contributed by atoms with Gasteiger partial charge in [-0.15, -0.1) is 0 Å². The van der Waals surface area contributed by atoms with Crippen molar-refractivity contribution in [2.75, 3.05) is 0 Å². The van der Waals surface area contributed by atoms with Crippen molar-refractivity contribution >= 4 is 10.0 Å². The molecule has 0 saturated carbocycles. The molecule has 0 amide bonds. The Morgan fingerprint density at radius 1 is 1.03 bits per heavy atom. The van der Waals surface area contributed by atoms with Gasteiger partial charge < -0.3 is 0 Å². The Morgan fingerprint density at radius 3 is 2.50 bits per heavy atom. The highest BCUT2D eigenvalue weighted by atomic mass is 32.2. The second-order valence-electron chi connectivity index (χ2n) is 7.52. The molecular weight excluding hydrogens is 407 g/mol. The normalized spacial score (nSPS) is 16.8. The van der Waals surface area contributed by atoms with Gasteiger partial charge in [0.25, 0.3) is 0 Å². The first-order chi connectivity index (χ1) is 14.4. The van der Waals surface area contributed by atoms with Gasteiger partial charge in [-0.2, -0.15) is 5.10 Å². The van der Waals surface area contributed by atoms with Crippen molar-refractivity contribution in [3.05, 3.63) is 87.9 Å². The number of nitrogens with zero attached hydrogens (tertiary/aromatic N) is 3. The number of nitrogens with one attached hydrogen (secondary N) is 1. The molecule has 1 aliphatic heterocycles. The van der Waals surface area contributed by atoms with E-state index in [0.29, 0.717) is 31.6 Å². The molecule has 0 saturated heterocycles. The molecule has 158 valence electrons. The molecule has 7 nitrogen and oxygen atoms in total. The van der Waals surface area contributed by atoms with Crippen LogP contribution in [0.2, 0.25) is 0 Å². The van der Waals surface area contributed by atoms with Gasteiger partial charge in [-0.25, -0.2) is 27.0 Å². The van der Waals surface area contributed by atoms with Crippen molar-refractivity contribution in [3.8, 4) is 0 Å². The minimum Gasteiger partial charge on any atom is -0.279 e. The van der Waals surface area contributed by atoms with Gasteiger partial charge in [0, 0.05) is 19.0 Å². The highest BCUT2D eigenvalue weighted by molar-refractivity contribution is 7.88. The van der Waals surface area contributed by atoms with E-state index in [1.165, 1.54) is 16.8 Å². The second-order valence-corrected chi connectivity index (χ2v) is 9.28. The SMILES string of the molecule is O=c1n(Cc2ccc(F)cc2)nc2n1CCC(NS(=O)(=O)Cc1ccccc1)CC2. The Kier molecular flexibility index (Phi) is 5.83. The average molecular weight is 431 g/mol. The lowest BCUT2D eigenvalue weighted by Gasteiger charge is -2.16. The molecule has 0 fully saturated rings. The Balaban J connectivity index is 1.41. The van der Waals surface area contributed by atoms with Crippen LogP contribution in [0, 0.1) is 5.82 Å². The Labute approximate surface area is 174 Å². The third kappa shape index (κ3) is 4.85. The van der Waals surface area contributed by atoms with Crippen molar-refractivity contribution in [2.45, 2.75) is 44.1 Å². The summed E-state index contributed by atoms with van der Waals surface area (Å²) in [5.74, 6) is 0.249. The zero-order chi connectivity index (χ0) is 21.1. The summed E-state index contributed by atoms with van der Waals surface area (Å²) in [6.45, 7) is 0.669. The number of rotatable bonds is 6. The number of hydrogen-bond donors (Lipinski definition) is 1. The lowest BCUT2D eigenvalue weighted by molar-refractivity contribution is 0.487. The number of halogens is 1. The maximum atomic E-state index is 13.1. The monoisotopic (exact) mass is 430 g/mol. The Hall–Kier alpha value is -2.78. The van der Waals surface area contributed by atoms with E-state index >= 15 is 0 Å². The Morgan fingerprint density at radius 2 is 1.77 bits per heavy atom. The van der Waals surface area contributed by atoms with Crippen molar-refractivity contribution in [2.24, 2.45) is 0 Å². The highest BCUT2D eigenvalue weighted by Crippen LogP contribution is 2.15. The van der Waals surface area contributed by atoms with Gasteiger partial charge in [-0.1, -0.05) is 42.5 Å². The van der Waals surface area contributed by atoms with Gasteiger partial charge in [0.05, 0.1) is 12.3 Å². The fourth-order valence-corrected chi connectivity index (χ4v) is 5.16. The van der Waals surface area contributed by atoms with E-state index in [2.05, 4.69) is 9.82 Å². The van der Waals surface area contributed by atoms with E-state index < -0.39 is 10.0 Å². The molecule has 2 aromatic carbocycles. The van der Waals surface area contributed by atoms with Crippen molar-refractivity contribution < 1.29 is 12.8 Å². The molecule has 1 aromatic heterocycles. The van der Waals surface area contributed by atoms with Gasteiger partial charge >= 0.3 is 5.69 Å². The number of aromatic nitrogens is 3. The van der Waals surface area contributed by atoms with Gasteiger partial charge in [0.2, 0.25) is 10.0 Å². The maximum absolute atomic E-state index is 13.1. The zero-order valence-electron chi connectivity index (χ0n) is 16.4. The number of hydrogen-bond acceptors (Lipinski definition) is 4. The molecule has 1 N–H and O–H groups in total. The van der Waals surface area contributed by atoms with Crippen LogP contribution in [-0.4, -0.2) is 28.8 Å². The quantitative estimate of drug-likeness (QED) is 0.649. The summed E-state index contributed by atoms with van der Waals surface area (Å²) >= 11 is 0. The summed E-state index contributed by atoms with van der Waals surface area (Å²) in [5.41, 5.74) is 1.29. The number of fused-ring (bicyclic) bond motifs is 1. The second kappa shape index (κ2) is 8.53. The van der Waals surface area contributed by atoms with Crippen LogP contribution < -0.4 is 10.4 Å². The molecule has 0 aliphatic carbocycles. The first-order valence-electron chi connectivity index (χ1n) is 9.84. The van der Waals surface area contributed by atoms with Crippen LogP contribution in [0.15, 0.2) is 59.4 Å². The highest BCUT2D eigenvalue weighted by Gasteiger charge is 2.24. The lowest BCUT2D eigenvalue weighted by atomic mass is 10.1. The number of aryl methyl sites for hydroxylation is 1. The smallest absolute Gasteiger partial charge is 0.279 e. The van der Waals surface area contributed by atoms with Crippen molar-refractivity contribution in [3.63, 3.8) is 0 Å². The van der Waals surface area contributed by atoms with Crippen LogP contribution in [0.5, 0.6) is 0 Å². The summed E-state index contributed by atoms with van der Waals surface area (Å²) in [7, 11) is -3.48. The first-order valence-corrected chi connectivity index (χ1v) is 11.5. The fraction of sp³-hybridized carbons (Fsp3) is 0.333. The third-order valence-electron chi connectivity index (χ3n) is 5.21. The minimum absolute atomic E-state index is 0.0701. The van der Waals surface area contributed by atoms with Crippen LogP contribution in [0.1, 0.15) is 29.8 Å². The van der Waals surface area contributed by atoms with Gasteiger partial charge in [-0.05, 0) is 36.1 Å². The maximum Gasteiger partial charge on any atom is 0.346 e. The molecule has 1 atom stereocenters. The molecule has 2 heterocycles. The summed E-state index contributed by atoms with van der Waals surface area (Å²) in [6, 6.07) is 14.8. The van der Waals surface area contributed by atoms with E-state index in [1.54, 1.807) is 28.8 Å². The van der Waals surface area contributed by atoms with Gasteiger partial charge in [0.15, 0.2) is 0 Å². The van der Waals surface area contributed by atoms with Crippen LogP contribution >= 0.6 is 0 Å². The molecule has 0 spiro atoms. The number of sulfonamides is 1. The first kappa shape index (κ1) is 20.5. The summed E-state index contributed by atoms with van der Waals surface area (Å²) < 4.78 is 43.9. The predicted octanol–water partition coefficient (Wildman–Crippen LogP) is 2.06. The lowest BCUT2D eigenvalue weighted by Crippen LogP contribution is -2.36. The van der Waals surface area contributed by atoms with Crippen LogP contribution in [0.25, 0.3) is 0 Å². The molecule has 3 aromatic rings. The summed E-state index contributed by atoms with van der Waals surface area (Å²) in [5, 5.41) is 4.42. The molecule has 30 heavy (non-hydrogen) atoms. The average Bonchev–Trinajstić information content (AvgIpc) is 2.87. The van der Waals surface area contributed by atoms with Gasteiger partial charge in [0.1, 0.15) is 11.6 Å². The van der Waals surface area contributed by atoms with E-state index in [0.717, 1.165) is 11.1 Å². The topological polar surface area (TPSA) is 86.0 Å². The van der Waals surface area contributed by atoms with Crippen molar-refractivity contribution in [1.29, 1.82) is 0 Å². The molecular formula is C21H23FN4O3S. The van der Waals surface area contributed by atoms with E-state index in [1.807, 2.05) is 18.2 Å². The van der Waals surface area contributed by atoms with E-state index in [4.69, 9.17) is 0 Å². The van der Waals surface area contributed by atoms with E-state index in [9.17, 15) is 17.6 Å². The van der Waals surface area contributed by atoms with E-state index in [-0.39, 0.29) is 29.8 Å². The predicted molar refractivity (Wildman–Crippen MR) is 111 cm³/mol. The molecule has 1 aliphatic rings. The molecule has 0 radical (unpaired) electrons. The molecule has 9 heteroatoms. The fourth-order valence-electron chi connectivity index (χ4n) is 3.70. The minimum atomic E-state index is -3.48.